The first-order valence-corrected chi connectivity index (χ1v) is 6.62. The molecule has 21 heavy (non-hydrogen) atoms. The molecule has 0 spiro atoms. The Morgan fingerprint density at radius 3 is 2.81 bits per heavy atom. The highest BCUT2D eigenvalue weighted by Crippen LogP contribution is 2.19. The van der Waals surface area contributed by atoms with Crippen molar-refractivity contribution in [3.05, 3.63) is 66.5 Å². The number of benzene rings is 1. The molecule has 0 atom stereocenters. The standard InChI is InChI=1S/C17H14N2O2/c20-12-15(21)7-6-13-8-9-19-11-16(18-17(19)10-13)14-4-2-1-3-5-14/h1-11,20H,12H2/b7-6+. The van der Waals surface area contributed by atoms with Crippen molar-refractivity contribution in [3.8, 4) is 11.3 Å². The molecule has 0 aliphatic carbocycles. The summed E-state index contributed by atoms with van der Waals surface area (Å²) in [5.74, 6) is -0.316. The molecule has 4 heteroatoms. The first kappa shape index (κ1) is 13.3. The number of carbonyl (C=O) groups excluding carboxylic acids is 1. The maximum absolute atomic E-state index is 11.1. The van der Waals surface area contributed by atoms with Crippen LogP contribution < -0.4 is 0 Å². The van der Waals surface area contributed by atoms with Crippen LogP contribution in [-0.4, -0.2) is 26.9 Å². The summed E-state index contributed by atoms with van der Waals surface area (Å²) in [6.45, 7) is -0.472. The third-order valence-electron chi connectivity index (χ3n) is 3.17. The highest BCUT2D eigenvalue weighted by atomic mass is 16.3. The van der Waals surface area contributed by atoms with Crippen LogP contribution in [0.4, 0.5) is 0 Å². The molecule has 2 aromatic heterocycles. The number of imidazole rings is 1. The summed E-state index contributed by atoms with van der Waals surface area (Å²) in [5, 5.41) is 8.70. The number of aromatic nitrogens is 2. The summed E-state index contributed by atoms with van der Waals surface area (Å²) < 4.78 is 1.94. The SMILES string of the molecule is O=C(/C=C/c1ccn2cc(-c3ccccc3)nc2c1)CO. The monoisotopic (exact) mass is 278 g/mol. The van der Waals surface area contributed by atoms with Crippen LogP contribution in [0.3, 0.4) is 0 Å². The molecule has 0 radical (unpaired) electrons. The van der Waals surface area contributed by atoms with Gasteiger partial charge in [0.1, 0.15) is 12.3 Å². The van der Waals surface area contributed by atoms with Crippen molar-refractivity contribution in [2.45, 2.75) is 0 Å². The third kappa shape index (κ3) is 2.90. The average Bonchev–Trinajstić information content (AvgIpc) is 2.96. The van der Waals surface area contributed by atoms with Crippen molar-refractivity contribution in [2.24, 2.45) is 0 Å². The van der Waals surface area contributed by atoms with Crippen LogP contribution in [0.5, 0.6) is 0 Å². The smallest absolute Gasteiger partial charge is 0.181 e. The van der Waals surface area contributed by atoms with E-state index in [2.05, 4.69) is 4.98 Å². The minimum atomic E-state index is -0.472. The van der Waals surface area contributed by atoms with Gasteiger partial charge in [0.25, 0.3) is 0 Å². The molecule has 0 unspecified atom stereocenters. The fourth-order valence-electron chi connectivity index (χ4n) is 2.09. The van der Waals surface area contributed by atoms with Crippen molar-refractivity contribution in [1.29, 1.82) is 0 Å². The highest BCUT2D eigenvalue weighted by Gasteiger charge is 2.04. The van der Waals surface area contributed by atoms with E-state index in [1.807, 2.05) is 59.3 Å². The molecular weight excluding hydrogens is 264 g/mol. The first-order chi connectivity index (χ1) is 10.3. The van der Waals surface area contributed by atoms with Crippen LogP contribution in [-0.2, 0) is 4.79 Å². The van der Waals surface area contributed by atoms with Gasteiger partial charge in [-0.3, -0.25) is 4.79 Å². The Balaban J connectivity index is 1.96. The summed E-state index contributed by atoms with van der Waals surface area (Å²) in [4.78, 5) is 15.7. The minimum absolute atomic E-state index is 0.316. The fourth-order valence-corrected chi connectivity index (χ4v) is 2.09. The van der Waals surface area contributed by atoms with Crippen molar-refractivity contribution in [3.63, 3.8) is 0 Å². The van der Waals surface area contributed by atoms with Crippen LogP contribution in [0.15, 0.2) is 60.9 Å². The van der Waals surface area contributed by atoms with E-state index in [4.69, 9.17) is 5.11 Å². The van der Waals surface area contributed by atoms with Crippen molar-refractivity contribution < 1.29 is 9.90 Å². The Morgan fingerprint density at radius 2 is 2.05 bits per heavy atom. The van der Waals surface area contributed by atoms with Crippen LogP contribution in [0.25, 0.3) is 23.0 Å². The maximum Gasteiger partial charge on any atom is 0.181 e. The number of fused-ring (bicyclic) bond motifs is 1. The van der Waals surface area contributed by atoms with Gasteiger partial charge in [0, 0.05) is 18.0 Å². The number of aliphatic hydroxyl groups excluding tert-OH is 1. The lowest BCUT2D eigenvalue weighted by Crippen LogP contribution is -1.97. The summed E-state index contributed by atoms with van der Waals surface area (Å²) in [6.07, 6.45) is 6.91. The fraction of sp³-hybridized carbons (Fsp3) is 0.0588. The Kier molecular flexibility index (Phi) is 3.62. The summed E-state index contributed by atoms with van der Waals surface area (Å²) >= 11 is 0. The predicted octanol–water partition coefficient (Wildman–Crippen LogP) is 2.58. The van der Waals surface area contributed by atoms with E-state index in [0.29, 0.717) is 0 Å². The third-order valence-corrected chi connectivity index (χ3v) is 3.17. The van der Waals surface area contributed by atoms with Gasteiger partial charge in [-0.2, -0.15) is 0 Å². The highest BCUT2D eigenvalue weighted by molar-refractivity contribution is 5.94. The number of carbonyl (C=O) groups is 1. The molecule has 0 fully saturated rings. The Labute approximate surface area is 122 Å². The molecule has 1 N–H and O–H groups in total. The molecule has 1 aromatic carbocycles. The molecule has 0 saturated heterocycles. The van der Waals surface area contributed by atoms with E-state index in [0.717, 1.165) is 22.5 Å². The summed E-state index contributed by atoms with van der Waals surface area (Å²) in [6, 6.07) is 13.8. The second kappa shape index (κ2) is 5.73. The Hall–Kier alpha value is -2.72. The first-order valence-electron chi connectivity index (χ1n) is 6.62. The number of hydrogen-bond donors (Lipinski definition) is 1. The van der Waals surface area contributed by atoms with Crippen molar-refractivity contribution in [1.82, 2.24) is 9.38 Å². The second-order valence-corrected chi connectivity index (χ2v) is 4.68. The second-order valence-electron chi connectivity index (χ2n) is 4.68. The van der Waals surface area contributed by atoms with E-state index in [1.165, 1.54) is 6.08 Å². The molecule has 3 rings (SSSR count). The average molecular weight is 278 g/mol. The van der Waals surface area contributed by atoms with Crippen molar-refractivity contribution >= 4 is 17.5 Å². The lowest BCUT2D eigenvalue weighted by atomic mass is 10.2. The Bertz CT molecular complexity index is 804. The molecule has 0 bridgehead atoms. The van der Waals surface area contributed by atoms with Gasteiger partial charge in [-0.15, -0.1) is 0 Å². The van der Waals surface area contributed by atoms with Gasteiger partial charge < -0.3 is 9.51 Å². The maximum atomic E-state index is 11.1. The van der Waals surface area contributed by atoms with Crippen LogP contribution in [0.2, 0.25) is 0 Å². The lowest BCUT2D eigenvalue weighted by molar-refractivity contribution is -0.117. The number of hydrogen-bond acceptors (Lipinski definition) is 3. The molecule has 0 amide bonds. The van der Waals surface area contributed by atoms with E-state index in [9.17, 15) is 4.79 Å². The number of ketones is 1. The zero-order valence-electron chi connectivity index (χ0n) is 11.3. The van der Waals surface area contributed by atoms with Gasteiger partial charge in [0.2, 0.25) is 0 Å². The van der Waals surface area contributed by atoms with Crippen LogP contribution in [0, 0.1) is 0 Å². The van der Waals surface area contributed by atoms with E-state index < -0.39 is 6.61 Å². The summed E-state index contributed by atoms with van der Waals surface area (Å²) in [7, 11) is 0. The molecule has 2 heterocycles. The lowest BCUT2D eigenvalue weighted by Gasteiger charge is -1.95. The van der Waals surface area contributed by atoms with Gasteiger partial charge in [-0.05, 0) is 23.8 Å². The van der Waals surface area contributed by atoms with Gasteiger partial charge >= 0.3 is 0 Å². The Morgan fingerprint density at radius 1 is 1.24 bits per heavy atom. The molecule has 0 aliphatic rings. The van der Waals surface area contributed by atoms with Crippen LogP contribution in [0.1, 0.15) is 5.56 Å². The molecule has 3 aromatic rings. The van der Waals surface area contributed by atoms with Gasteiger partial charge in [0.15, 0.2) is 5.78 Å². The topological polar surface area (TPSA) is 54.6 Å². The number of rotatable bonds is 4. The zero-order chi connectivity index (χ0) is 14.7. The predicted molar refractivity (Wildman–Crippen MR) is 81.8 cm³/mol. The summed E-state index contributed by atoms with van der Waals surface area (Å²) in [5.41, 5.74) is 3.65. The number of pyridine rings is 1. The minimum Gasteiger partial charge on any atom is -0.388 e. The van der Waals surface area contributed by atoms with E-state index >= 15 is 0 Å². The van der Waals surface area contributed by atoms with E-state index in [1.54, 1.807) is 6.08 Å². The quantitative estimate of drug-likeness (QED) is 0.746. The van der Waals surface area contributed by atoms with Crippen LogP contribution >= 0.6 is 0 Å². The molecule has 4 nitrogen and oxygen atoms in total. The largest absolute Gasteiger partial charge is 0.388 e. The van der Waals surface area contributed by atoms with Crippen molar-refractivity contribution in [2.75, 3.05) is 6.61 Å². The molecule has 0 saturated carbocycles. The van der Waals surface area contributed by atoms with Gasteiger partial charge in [-0.1, -0.05) is 36.4 Å². The molecule has 104 valence electrons. The number of aliphatic hydroxyl groups is 1. The zero-order valence-corrected chi connectivity index (χ0v) is 11.3. The normalized spacial score (nSPS) is 11.3. The molecular formula is C17H14N2O2. The number of nitrogens with zero attached hydrogens (tertiary/aromatic N) is 2. The van der Waals surface area contributed by atoms with Gasteiger partial charge in [-0.25, -0.2) is 4.98 Å². The van der Waals surface area contributed by atoms with E-state index in [-0.39, 0.29) is 5.78 Å². The van der Waals surface area contributed by atoms with Gasteiger partial charge in [0.05, 0.1) is 5.69 Å². The molecule has 0 aliphatic heterocycles.